The van der Waals surface area contributed by atoms with Gasteiger partial charge in [-0.15, -0.1) is 0 Å². The lowest BCUT2D eigenvalue weighted by atomic mass is 10.1. The van der Waals surface area contributed by atoms with Crippen LogP contribution in [0.3, 0.4) is 0 Å². The number of hydrogen-bond acceptors (Lipinski definition) is 2. The first-order chi connectivity index (χ1) is 11.8. The number of piperazine rings is 1. The average molecular weight is 350 g/mol. The van der Waals surface area contributed by atoms with Crippen molar-refractivity contribution in [3.05, 3.63) is 59.3 Å². The zero-order valence-corrected chi connectivity index (χ0v) is 13.8. The maximum Gasteiger partial charge on any atom is 0.419 e. The average Bonchev–Trinajstić information content (AvgIpc) is 2.61. The summed E-state index contributed by atoms with van der Waals surface area (Å²) >= 11 is 0. The molecule has 4 nitrogen and oxygen atoms in total. The van der Waals surface area contributed by atoms with E-state index < -0.39 is 11.7 Å². The van der Waals surface area contributed by atoms with Gasteiger partial charge in [-0.05, 0) is 25.1 Å². The predicted molar refractivity (Wildman–Crippen MR) is 87.3 cm³/mol. The summed E-state index contributed by atoms with van der Waals surface area (Å²) in [7, 11) is 0. The number of nitrogens with one attached hydrogen (secondary N) is 1. The van der Waals surface area contributed by atoms with Gasteiger partial charge in [-0.25, -0.2) is 4.98 Å². The van der Waals surface area contributed by atoms with Gasteiger partial charge in [-0.2, -0.15) is 13.2 Å². The van der Waals surface area contributed by atoms with E-state index in [9.17, 15) is 18.0 Å². The number of carbonyl (C=O) groups excluding carboxylic acids is 1. The fraction of sp³-hybridized carbons (Fsp3) is 0.333. The number of aromatic amines is 1. The number of H-pyrrole nitrogens is 1. The quantitative estimate of drug-likeness (QED) is 0.835. The number of aromatic nitrogens is 1. The van der Waals surface area contributed by atoms with Crippen LogP contribution in [0.2, 0.25) is 0 Å². The Balaban J connectivity index is 1.63. The molecule has 0 saturated carbocycles. The highest BCUT2D eigenvalue weighted by atomic mass is 19.4. The molecule has 1 saturated heterocycles. The van der Waals surface area contributed by atoms with Gasteiger partial charge in [0, 0.05) is 11.6 Å². The molecular formula is C18H19F3N3O+. The topological polar surface area (TPSA) is 37.7 Å². The van der Waals surface area contributed by atoms with Gasteiger partial charge >= 0.3 is 6.18 Å². The van der Waals surface area contributed by atoms with Gasteiger partial charge in [-0.1, -0.05) is 17.7 Å². The number of rotatable bonds is 2. The third-order valence-electron chi connectivity index (χ3n) is 4.30. The molecule has 0 atom stereocenters. The number of benzene rings is 1. The van der Waals surface area contributed by atoms with Crippen LogP contribution in [-0.4, -0.2) is 37.0 Å². The summed E-state index contributed by atoms with van der Waals surface area (Å²) in [6.07, 6.45) is -3.38. The predicted octanol–water partition coefficient (Wildman–Crippen LogP) is 2.79. The van der Waals surface area contributed by atoms with Crippen LogP contribution in [0.25, 0.3) is 0 Å². The summed E-state index contributed by atoms with van der Waals surface area (Å²) < 4.78 is 37.8. The monoisotopic (exact) mass is 350 g/mol. The SMILES string of the molecule is Cc1cccc(C(=O)N2CCN(c3ccc(C(F)(F)F)c[nH+]3)CC2)c1. The molecule has 1 aromatic heterocycles. The first-order valence-corrected chi connectivity index (χ1v) is 8.04. The Morgan fingerprint density at radius 3 is 2.36 bits per heavy atom. The third kappa shape index (κ3) is 3.92. The summed E-state index contributed by atoms with van der Waals surface area (Å²) in [5.74, 6) is 0.607. The molecule has 132 valence electrons. The highest BCUT2D eigenvalue weighted by Gasteiger charge is 2.33. The number of hydrogen-bond donors (Lipinski definition) is 0. The molecule has 1 N–H and O–H groups in total. The molecule has 1 aliphatic heterocycles. The second kappa shape index (κ2) is 6.74. The number of anilines is 1. The molecule has 1 amide bonds. The summed E-state index contributed by atoms with van der Waals surface area (Å²) in [5.41, 5.74) is 0.989. The Bertz CT molecular complexity index is 751. The Labute approximate surface area is 143 Å². The van der Waals surface area contributed by atoms with Crippen LogP contribution in [0.4, 0.5) is 19.0 Å². The summed E-state index contributed by atoms with van der Waals surface area (Å²) in [4.78, 5) is 18.9. The zero-order chi connectivity index (χ0) is 18.0. The molecule has 2 heterocycles. The lowest BCUT2D eigenvalue weighted by Crippen LogP contribution is -2.50. The van der Waals surface area contributed by atoms with Crippen LogP contribution in [-0.2, 0) is 6.18 Å². The number of aryl methyl sites for hydroxylation is 1. The van der Waals surface area contributed by atoms with E-state index in [-0.39, 0.29) is 5.91 Å². The second-order valence-corrected chi connectivity index (χ2v) is 6.11. The lowest BCUT2D eigenvalue weighted by molar-refractivity contribution is -0.367. The first-order valence-electron chi connectivity index (χ1n) is 8.04. The summed E-state index contributed by atoms with van der Waals surface area (Å²) in [5, 5.41) is 0. The van der Waals surface area contributed by atoms with Crippen LogP contribution in [0, 0.1) is 6.92 Å². The molecule has 0 radical (unpaired) electrons. The number of alkyl halides is 3. The third-order valence-corrected chi connectivity index (χ3v) is 4.30. The largest absolute Gasteiger partial charge is 0.419 e. The number of carbonyl (C=O) groups is 1. The minimum Gasteiger partial charge on any atom is -0.331 e. The lowest BCUT2D eigenvalue weighted by Gasteiger charge is -2.31. The highest BCUT2D eigenvalue weighted by molar-refractivity contribution is 5.94. The standard InChI is InChI=1S/C18H18F3N3O/c1-13-3-2-4-14(11-13)17(25)24-9-7-23(8-10-24)16-6-5-15(12-22-16)18(19,20)21/h2-6,11-12H,7-10H2,1H3/p+1. The van der Waals surface area contributed by atoms with Crippen LogP contribution in [0.1, 0.15) is 21.5 Å². The fourth-order valence-corrected chi connectivity index (χ4v) is 2.90. The molecule has 1 aromatic carbocycles. The fourth-order valence-electron chi connectivity index (χ4n) is 2.90. The molecule has 0 spiro atoms. The van der Waals surface area contributed by atoms with Crippen molar-refractivity contribution in [2.24, 2.45) is 0 Å². The van der Waals surface area contributed by atoms with Gasteiger partial charge in [0.25, 0.3) is 11.7 Å². The Kier molecular flexibility index (Phi) is 4.65. The summed E-state index contributed by atoms with van der Waals surface area (Å²) in [6.45, 7) is 4.14. The molecule has 7 heteroatoms. The van der Waals surface area contributed by atoms with E-state index in [0.717, 1.165) is 17.8 Å². The van der Waals surface area contributed by atoms with Crippen molar-refractivity contribution in [3.63, 3.8) is 0 Å². The van der Waals surface area contributed by atoms with Crippen molar-refractivity contribution in [2.75, 3.05) is 31.1 Å². The molecular weight excluding hydrogens is 331 g/mol. The van der Waals surface area contributed by atoms with Crippen LogP contribution < -0.4 is 9.88 Å². The normalized spacial score (nSPS) is 15.4. The number of halogens is 3. The van der Waals surface area contributed by atoms with E-state index in [1.54, 1.807) is 11.0 Å². The van der Waals surface area contributed by atoms with Gasteiger partial charge in [0.1, 0.15) is 19.3 Å². The van der Waals surface area contributed by atoms with Gasteiger partial charge in [0.15, 0.2) is 0 Å². The van der Waals surface area contributed by atoms with E-state index in [4.69, 9.17) is 0 Å². The van der Waals surface area contributed by atoms with Crippen molar-refractivity contribution in [3.8, 4) is 0 Å². The zero-order valence-electron chi connectivity index (χ0n) is 13.8. The Morgan fingerprint density at radius 1 is 1.08 bits per heavy atom. The molecule has 0 bridgehead atoms. The van der Waals surface area contributed by atoms with Gasteiger partial charge in [-0.3, -0.25) is 9.69 Å². The van der Waals surface area contributed by atoms with Crippen molar-refractivity contribution >= 4 is 11.7 Å². The van der Waals surface area contributed by atoms with E-state index in [1.807, 2.05) is 30.0 Å². The van der Waals surface area contributed by atoms with Crippen LogP contribution in [0.15, 0.2) is 42.6 Å². The molecule has 0 aliphatic carbocycles. The van der Waals surface area contributed by atoms with Crippen molar-refractivity contribution in [2.45, 2.75) is 13.1 Å². The molecule has 1 fully saturated rings. The van der Waals surface area contributed by atoms with Crippen molar-refractivity contribution in [1.82, 2.24) is 4.90 Å². The van der Waals surface area contributed by atoms with Gasteiger partial charge < -0.3 is 4.90 Å². The maximum atomic E-state index is 12.6. The Hall–Kier alpha value is -2.57. The Morgan fingerprint density at radius 2 is 1.80 bits per heavy atom. The molecule has 2 aromatic rings. The van der Waals surface area contributed by atoms with Crippen LogP contribution in [0.5, 0.6) is 0 Å². The van der Waals surface area contributed by atoms with E-state index in [1.165, 1.54) is 6.07 Å². The van der Waals surface area contributed by atoms with E-state index >= 15 is 0 Å². The minimum atomic E-state index is -4.35. The number of amides is 1. The molecule has 1 aliphatic rings. The molecule has 3 rings (SSSR count). The second-order valence-electron chi connectivity index (χ2n) is 6.11. The van der Waals surface area contributed by atoms with Crippen molar-refractivity contribution in [1.29, 1.82) is 0 Å². The smallest absolute Gasteiger partial charge is 0.331 e. The maximum absolute atomic E-state index is 12.6. The van der Waals surface area contributed by atoms with Crippen LogP contribution >= 0.6 is 0 Å². The number of nitrogens with zero attached hydrogens (tertiary/aromatic N) is 2. The van der Waals surface area contributed by atoms with Gasteiger partial charge in [0.2, 0.25) is 0 Å². The van der Waals surface area contributed by atoms with E-state index in [2.05, 4.69) is 4.98 Å². The first kappa shape index (κ1) is 17.3. The van der Waals surface area contributed by atoms with Crippen molar-refractivity contribution < 1.29 is 22.9 Å². The molecule has 0 unspecified atom stereocenters. The molecule has 25 heavy (non-hydrogen) atoms. The summed E-state index contributed by atoms with van der Waals surface area (Å²) in [6, 6.07) is 9.95. The number of pyridine rings is 1. The van der Waals surface area contributed by atoms with Gasteiger partial charge in [0.05, 0.1) is 18.7 Å². The van der Waals surface area contributed by atoms with E-state index in [0.29, 0.717) is 37.6 Å². The highest BCUT2D eigenvalue weighted by Crippen LogP contribution is 2.28. The minimum absolute atomic E-state index is 0.0141.